The van der Waals surface area contributed by atoms with E-state index in [9.17, 15) is 9.90 Å². The van der Waals surface area contributed by atoms with E-state index in [-0.39, 0.29) is 12.5 Å². The van der Waals surface area contributed by atoms with Crippen LogP contribution in [0.5, 0.6) is 0 Å². The zero-order valence-electron chi connectivity index (χ0n) is 12.1. The molecule has 0 spiro atoms. The van der Waals surface area contributed by atoms with E-state index < -0.39 is 5.60 Å². The molecule has 3 nitrogen and oxygen atoms in total. The average molecular weight is 348 g/mol. The standard InChI is InChI=1S/C17H18BrNO2/c1-12-8-9-14(15(18)10-12)16(20)19-11-17(2,21)13-6-4-3-5-7-13/h3-10,21H,11H2,1-2H3,(H,19,20). The molecule has 0 saturated heterocycles. The molecule has 0 radical (unpaired) electrons. The quantitative estimate of drug-likeness (QED) is 0.890. The van der Waals surface area contributed by atoms with Gasteiger partial charge in [0.2, 0.25) is 0 Å². The molecule has 2 aromatic carbocycles. The van der Waals surface area contributed by atoms with Crippen molar-refractivity contribution in [1.29, 1.82) is 0 Å². The van der Waals surface area contributed by atoms with E-state index in [1.54, 1.807) is 13.0 Å². The smallest absolute Gasteiger partial charge is 0.252 e. The minimum atomic E-state index is -1.10. The second-order valence-corrected chi connectivity index (χ2v) is 6.16. The zero-order valence-corrected chi connectivity index (χ0v) is 13.6. The maximum atomic E-state index is 12.2. The van der Waals surface area contributed by atoms with E-state index >= 15 is 0 Å². The lowest BCUT2D eigenvalue weighted by molar-refractivity contribution is 0.0526. The van der Waals surface area contributed by atoms with Crippen LogP contribution in [-0.2, 0) is 5.60 Å². The number of rotatable bonds is 4. The van der Waals surface area contributed by atoms with E-state index in [2.05, 4.69) is 21.2 Å². The summed E-state index contributed by atoms with van der Waals surface area (Å²) in [4.78, 5) is 12.2. The van der Waals surface area contributed by atoms with Gasteiger partial charge in [0.15, 0.2) is 0 Å². The largest absolute Gasteiger partial charge is 0.384 e. The van der Waals surface area contributed by atoms with Crippen LogP contribution in [0.1, 0.15) is 28.4 Å². The van der Waals surface area contributed by atoms with Crippen molar-refractivity contribution in [2.75, 3.05) is 6.54 Å². The summed E-state index contributed by atoms with van der Waals surface area (Å²) in [5, 5.41) is 13.2. The van der Waals surface area contributed by atoms with Gasteiger partial charge in [-0.25, -0.2) is 0 Å². The fraction of sp³-hybridized carbons (Fsp3) is 0.235. The first kappa shape index (κ1) is 15.7. The van der Waals surface area contributed by atoms with Gasteiger partial charge in [-0.1, -0.05) is 36.4 Å². The van der Waals surface area contributed by atoms with Crippen molar-refractivity contribution in [2.45, 2.75) is 19.4 Å². The van der Waals surface area contributed by atoms with E-state index in [0.29, 0.717) is 5.56 Å². The van der Waals surface area contributed by atoms with Gasteiger partial charge in [0.25, 0.3) is 5.91 Å². The second kappa shape index (κ2) is 6.41. The van der Waals surface area contributed by atoms with Crippen molar-refractivity contribution in [3.05, 3.63) is 69.7 Å². The summed E-state index contributed by atoms with van der Waals surface area (Å²) in [5.74, 6) is -0.210. The van der Waals surface area contributed by atoms with Gasteiger partial charge in [-0.3, -0.25) is 4.79 Å². The molecule has 1 amide bonds. The van der Waals surface area contributed by atoms with Crippen molar-refractivity contribution in [1.82, 2.24) is 5.32 Å². The number of aryl methyl sites for hydroxylation is 1. The van der Waals surface area contributed by atoms with Crippen LogP contribution in [0.3, 0.4) is 0 Å². The van der Waals surface area contributed by atoms with Gasteiger partial charge in [-0.2, -0.15) is 0 Å². The van der Waals surface area contributed by atoms with Crippen molar-refractivity contribution in [3.8, 4) is 0 Å². The molecule has 0 saturated carbocycles. The van der Waals surface area contributed by atoms with Crippen LogP contribution in [0.4, 0.5) is 0 Å². The Balaban J connectivity index is 2.07. The Bertz CT molecular complexity index is 638. The van der Waals surface area contributed by atoms with Crippen LogP contribution < -0.4 is 5.32 Å². The maximum Gasteiger partial charge on any atom is 0.252 e. The highest BCUT2D eigenvalue weighted by atomic mass is 79.9. The molecule has 1 atom stereocenters. The van der Waals surface area contributed by atoms with Crippen LogP contribution in [-0.4, -0.2) is 17.6 Å². The Kier molecular flexibility index (Phi) is 4.80. The molecule has 110 valence electrons. The lowest BCUT2D eigenvalue weighted by Gasteiger charge is -2.24. The number of nitrogens with one attached hydrogen (secondary N) is 1. The summed E-state index contributed by atoms with van der Waals surface area (Å²) >= 11 is 3.39. The first-order valence-corrected chi connectivity index (χ1v) is 7.52. The summed E-state index contributed by atoms with van der Waals surface area (Å²) in [6.45, 7) is 3.80. The highest BCUT2D eigenvalue weighted by Crippen LogP contribution is 2.21. The number of amides is 1. The molecule has 2 N–H and O–H groups in total. The second-order valence-electron chi connectivity index (χ2n) is 5.31. The van der Waals surface area contributed by atoms with E-state index in [0.717, 1.165) is 15.6 Å². The lowest BCUT2D eigenvalue weighted by Crippen LogP contribution is -2.38. The fourth-order valence-corrected chi connectivity index (χ4v) is 2.72. The van der Waals surface area contributed by atoms with Crippen molar-refractivity contribution >= 4 is 21.8 Å². The van der Waals surface area contributed by atoms with Crippen LogP contribution in [0.2, 0.25) is 0 Å². The SMILES string of the molecule is Cc1ccc(C(=O)NCC(C)(O)c2ccccc2)c(Br)c1. The summed E-state index contributed by atoms with van der Waals surface area (Å²) < 4.78 is 0.749. The molecule has 0 aliphatic carbocycles. The molecule has 0 aliphatic rings. The Hall–Kier alpha value is -1.65. The Morgan fingerprint density at radius 2 is 1.90 bits per heavy atom. The summed E-state index contributed by atoms with van der Waals surface area (Å²) in [6.07, 6.45) is 0. The van der Waals surface area contributed by atoms with Gasteiger partial charge in [-0.05, 0) is 53.0 Å². The summed E-state index contributed by atoms with van der Waals surface area (Å²) in [6, 6.07) is 14.8. The van der Waals surface area contributed by atoms with Gasteiger partial charge in [0.1, 0.15) is 5.60 Å². The van der Waals surface area contributed by atoms with Crippen molar-refractivity contribution < 1.29 is 9.90 Å². The molecule has 0 bridgehead atoms. The first-order chi connectivity index (χ1) is 9.90. The van der Waals surface area contributed by atoms with Gasteiger partial charge in [-0.15, -0.1) is 0 Å². The fourth-order valence-electron chi connectivity index (χ4n) is 2.05. The van der Waals surface area contributed by atoms with E-state index in [1.807, 2.05) is 49.4 Å². The minimum absolute atomic E-state index is 0.149. The molecular weight excluding hydrogens is 330 g/mol. The van der Waals surface area contributed by atoms with Crippen LogP contribution >= 0.6 is 15.9 Å². The average Bonchev–Trinajstić information content (AvgIpc) is 2.46. The van der Waals surface area contributed by atoms with E-state index in [4.69, 9.17) is 0 Å². The number of carbonyl (C=O) groups is 1. The highest BCUT2D eigenvalue weighted by molar-refractivity contribution is 9.10. The van der Waals surface area contributed by atoms with Crippen LogP contribution in [0, 0.1) is 6.92 Å². The third-order valence-corrected chi connectivity index (χ3v) is 4.01. The molecule has 2 rings (SSSR count). The Morgan fingerprint density at radius 1 is 1.24 bits per heavy atom. The highest BCUT2D eigenvalue weighted by Gasteiger charge is 2.24. The lowest BCUT2D eigenvalue weighted by atomic mass is 9.96. The van der Waals surface area contributed by atoms with Gasteiger partial charge in [0.05, 0.1) is 12.1 Å². The number of aliphatic hydroxyl groups is 1. The normalized spacial score (nSPS) is 13.5. The van der Waals surface area contributed by atoms with Crippen LogP contribution in [0.15, 0.2) is 53.0 Å². The number of halogens is 1. The van der Waals surface area contributed by atoms with E-state index in [1.165, 1.54) is 0 Å². The molecule has 0 aromatic heterocycles. The first-order valence-electron chi connectivity index (χ1n) is 6.72. The zero-order chi connectivity index (χ0) is 15.5. The number of hydrogen-bond acceptors (Lipinski definition) is 2. The molecule has 2 aromatic rings. The van der Waals surface area contributed by atoms with Crippen LogP contribution in [0.25, 0.3) is 0 Å². The third kappa shape index (κ3) is 3.93. The number of benzene rings is 2. The van der Waals surface area contributed by atoms with Gasteiger partial charge < -0.3 is 10.4 Å². The third-order valence-electron chi connectivity index (χ3n) is 3.36. The van der Waals surface area contributed by atoms with Crippen molar-refractivity contribution in [2.24, 2.45) is 0 Å². The Morgan fingerprint density at radius 3 is 2.52 bits per heavy atom. The molecule has 1 unspecified atom stereocenters. The molecule has 21 heavy (non-hydrogen) atoms. The summed E-state index contributed by atoms with van der Waals surface area (Å²) in [5.41, 5.74) is 1.31. The molecule has 0 heterocycles. The maximum absolute atomic E-state index is 12.2. The Labute approximate surface area is 133 Å². The molecule has 4 heteroatoms. The predicted molar refractivity (Wildman–Crippen MR) is 87.2 cm³/mol. The van der Waals surface area contributed by atoms with Gasteiger partial charge >= 0.3 is 0 Å². The molecule has 0 fully saturated rings. The monoisotopic (exact) mass is 347 g/mol. The number of hydrogen-bond donors (Lipinski definition) is 2. The summed E-state index contributed by atoms with van der Waals surface area (Å²) in [7, 11) is 0. The van der Waals surface area contributed by atoms with Crippen molar-refractivity contribution in [3.63, 3.8) is 0 Å². The van der Waals surface area contributed by atoms with Gasteiger partial charge in [0, 0.05) is 4.47 Å². The molecular formula is C17H18BrNO2. The molecule has 0 aliphatic heterocycles. The number of carbonyl (C=O) groups excluding carboxylic acids is 1. The topological polar surface area (TPSA) is 49.3 Å². The minimum Gasteiger partial charge on any atom is -0.384 e. The predicted octanol–water partition coefficient (Wildman–Crippen LogP) is 3.40.